The molecule has 0 spiro atoms. The van der Waals surface area contributed by atoms with Crippen LogP contribution in [-0.2, 0) is 0 Å². The van der Waals surface area contributed by atoms with Crippen LogP contribution in [-0.4, -0.2) is 29.4 Å². The van der Waals surface area contributed by atoms with Gasteiger partial charge in [-0.15, -0.1) is 22.9 Å². The average molecular weight is 270 g/mol. The third-order valence-electron chi connectivity index (χ3n) is 2.73. The molecule has 0 aliphatic rings. The summed E-state index contributed by atoms with van der Waals surface area (Å²) in [4.78, 5) is 11.9. The van der Waals surface area contributed by atoms with Crippen LogP contribution in [0.1, 0.15) is 19.3 Å². The Labute approximate surface area is 110 Å². The molecule has 3 nitrogen and oxygen atoms in total. The van der Waals surface area contributed by atoms with Gasteiger partial charge in [0, 0.05) is 19.5 Å². The van der Waals surface area contributed by atoms with E-state index in [1.165, 1.54) is 6.42 Å². The molecule has 0 aromatic carbocycles. The Morgan fingerprint density at radius 3 is 3.00 bits per heavy atom. The fraction of sp³-hybridized carbons (Fsp3) is 0.500. The van der Waals surface area contributed by atoms with Crippen LogP contribution in [0.5, 0.6) is 0 Å². The third-order valence-corrected chi connectivity index (χ3v) is 3.82. The van der Waals surface area contributed by atoms with E-state index < -0.39 is 0 Å². The Balaban J connectivity index is 2.03. The van der Waals surface area contributed by atoms with Crippen molar-refractivity contribution >= 4 is 39.0 Å². The minimum Gasteiger partial charge on any atom is -0.359 e. The maximum Gasteiger partial charge on any atom is 0.140 e. The molecule has 0 fully saturated rings. The van der Waals surface area contributed by atoms with E-state index in [1.54, 1.807) is 17.7 Å². The van der Waals surface area contributed by atoms with Crippen LogP contribution in [0.2, 0.25) is 0 Å². The van der Waals surface area contributed by atoms with E-state index in [-0.39, 0.29) is 0 Å². The Bertz CT molecular complexity index is 471. The number of rotatable bonds is 6. The van der Waals surface area contributed by atoms with Crippen LogP contribution in [0.3, 0.4) is 0 Å². The second-order valence-corrected chi connectivity index (χ2v) is 5.28. The Kier molecular flexibility index (Phi) is 4.57. The van der Waals surface area contributed by atoms with Gasteiger partial charge in [-0.2, -0.15) is 0 Å². The number of unbranched alkanes of at least 4 members (excludes halogenated alkanes) is 2. The van der Waals surface area contributed by atoms with Crippen LogP contribution in [0, 0.1) is 0 Å². The number of aromatic nitrogens is 2. The fourth-order valence-corrected chi connectivity index (χ4v) is 2.72. The van der Waals surface area contributed by atoms with Crippen molar-refractivity contribution in [1.29, 1.82) is 0 Å². The second kappa shape index (κ2) is 6.17. The van der Waals surface area contributed by atoms with Gasteiger partial charge < -0.3 is 4.90 Å². The number of fused-ring (bicyclic) bond motifs is 1. The highest BCUT2D eigenvalue weighted by Crippen LogP contribution is 2.26. The first-order valence-electron chi connectivity index (χ1n) is 5.78. The molecule has 0 saturated heterocycles. The van der Waals surface area contributed by atoms with Crippen molar-refractivity contribution in [3.8, 4) is 0 Å². The number of hydrogen-bond donors (Lipinski definition) is 0. The molecule has 0 unspecified atom stereocenters. The summed E-state index contributed by atoms with van der Waals surface area (Å²) >= 11 is 7.32. The molecule has 2 heterocycles. The molecule has 0 bridgehead atoms. The second-order valence-electron chi connectivity index (χ2n) is 4.01. The quantitative estimate of drug-likeness (QED) is 0.593. The molecule has 2 aromatic rings. The van der Waals surface area contributed by atoms with Crippen LogP contribution in [0.4, 0.5) is 5.82 Å². The highest BCUT2D eigenvalue weighted by molar-refractivity contribution is 7.16. The van der Waals surface area contributed by atoms with Crippen molar-refractivity contribution in [1.82, 2.24) is 9.97 Å². The van der Waals surface area contributed by atoms with Crippen LogP contribution >= 0.6 is 22.9 Å². The summed E-state index contributed by atoms with van der Waals surface area (Å²) in [5, 5.41) is 3.21. The van der Waals surface area contributed by atoms with Gasteiger partial charge in [-0.1, -0.05) is 6.42 Å². The first-order valence-corrected chi connectivity index (χ1v) is 7.19. The summed E-state index contributed by atoms with van der Waals surface area (Å²) in [6.45, 7) is 1.01. The highest BCUT2D eigenvalue weighted by atomic mass is 35.5. The molecule has 17 heavy (non-hydrogen) atoms. The van der Waals surface area contributed by atoms with Crippen LogP contribution < -0.4 is 4.90 Å². The predicted molar refractivity (Wildman–Crippen MR) is 75.3 cm³/mol. The topological polar surface area (TPSA) is 29.0 Å². The largest absolute Gasteiger partial charge is 0.359 e. The zero-order valence-electron chi connectivity index (χ0n) is 9.90. The lowest BCUT2D eigenvalue weighted by molar-refractivity contribution is 0.705. The molecular weight excluding hydrogens is 254 g/mol. The number of hydrogen-bond acceptors (Lipinski definition) is 4. The number of alkyl halides is 1. The van der Waals surface area contributed by atoms with Gasteiger partial charge in [-0.05, 0) is 24.3 Å². The van der Waals surface area contributed by atoms with Gasteiger partial charge in [0.15, 0.2) is 0 Å². The number of anilines is 1. The van der Waals surface area contributed by atoms with Crippen molar-refractivity contribution in [2.45, 2.75) is 19.3 Å². The Morgan fingerprint density at radius 1 is 1.29 bits per heavy atom. The van der Waals surface area contributed by atoms with Crippen molar-refractivity contribution in [3.63, 3.8) is 0 Å². The van der Waals surface area contributed by atoms with Crippen molar-refractivity contribution in [3.05, 3.63) is 17.8 Å². The monoisotopic (exact) mass is 269 g/mol. The summed E-state index contributed by atoms with van der Waals surface area (Å²) in [6.07, 6.45) is 5.06. The predicted octanol–water partition coefficient (Wildman–Crippen LogP) is 3.54. The summed E-state index contributed by atoms with van der Waals surface area (Å²) in [5.74, 6) is 1.79. The number of halogens is 1. The van der Waals surface area contributed by atoms with E-state index in [2.05, 4.69) is 33.4 Å². The zero-order chi connectivity index (χ0) is 12.1. The number of thiophene rings is 1. The average Bonchev–Trinajstić information content (AvgIpc) is 2.82. The lowest BCUT2D eigenvalue weighted by Gasteiger charge is -2.18. The maximum absolute atomic E-state index is 5.66. The summed E-state index contributed by atoms with van der Waals surface area (Å²) in [5.41, 5.74) is 0. The van der Waals surface area contributed by atoms with Crippen LogP contribution in [0.25, 0.3) is 10.2 Å². The van der Waals surface area contributed by atoms with Crippen molar-refractivity contribution < 1.29 is 0 Å². The zero-order valence-corrected chi connectivity index (χ0v) is 11.5. The molecule has 5 heteroatoms. The smallest absolute Gasteiger partial charge is 0.140 e. The molecule has 2 aromatic heterocycles. The van der Waals surface area contributed by atoms with Gasteiger partial charge in [0.05, 0.1) is 5.39 Å². The van der Waals surface area contributed by atoms with Crippen LogP contribution in [0.15, 0.2) is 17.8 Å². The van der Waals surface area contributed by atoms with Gasteiger partial charge in [-0.3, -0.25) is 0 Å². The molecule has 0 saturated carbocycles. The first-order chi connectivity index (χ1) is 8.33. The van der Waals surface area contributed by atoms with Gasteiger partial charge >= 0.3 is 0 Å². The lowest BCUT2D eigenvalue weighted by Crippen LogP contribution is -2.19. The fourth-order valence-electron chi connectivity index (χ4n) is 1.81. The molecule has 0 atom stereocenters. The van der Waals surface area contributed by atoms with Gasteiger partial charge in [-0.25, -0.2) is 9.97 Å². The Hall–Kier alpha value is -0.870. The van der Waals surface area contributed by atoms with Crippen molar-refractivity contribution in [2.24, 2.45) is 0 Å². The molecule has 0 N–H and O–H groups in total. The van der Waals surface area contributed by atoms with E-state index in [0.29, 0.717) is 0 Å². The van der Waals surface area contributed by atoms with E-state index in [9.17, 15) is 0 Å². The van der Waals surface area contributed by atoms with Gasteiger partial charge in [0.2, 0.25) is 0 Å². The highest BCUT2D eigenvalue weighted by Gasteiger charge is 2.08. The minimum absolute atomic E-state index is 0.756. The molecule has 0 aliphatic heterocycles. The standard InChI is InChI=1S/C12H16ClN3S/c1-16(7-4-2-3-6-13)11-10-5-8-17-12(10)15-9-14-11/h5,8-9H,2-4,6-7H2,1H3. The Morgan fingerprint density at radius 2 is 2.18 bits per heavy atom. The van der Waals surface area contributed by atoms with E-state index in [4.69, 9.17) is 11.6 Å². The van der Waals surface area contributed by atoms with Gasteiger partial charge in [0.1, 0.15) is 17.0 Å². The summed E-state index contributed by atoms with van der Waals surface area (Å²) in [6, 6.07) is 2.09. The SMILES string of the molecule is CN(CCCCCCl)c1ncnc2sccc12. The van der Waals surface area contributed by atoms with E-state index in [1.807, 2.05) is 0 Å². The number of nitrogens with zero attached hydrogens (tertiary/aromatic N) is 3. The molecule has 92 valence electrons. The normalized spacial score (nSPS) is 10.9. The maximum atomic E-state index is 5.66. The molecule has 0 aliphatic carbocycles. The van der Waals surface area contributed by atoms with E-state index in [0.717, 1.165) is 41.3 Å². The molecular formula is C12H16ClN3S. The van der Waals surface area contributed by atoms with Crippen molar-refractivity contribution in [2.75, 3.05) is 24.4 Å². The van der Waals surface area contributed by atoms with E-state index >= 15 is 0 Å². The third kappa shape index (κ3) is 3.07. The first kappa shape index (κ1) is 12.6. The molecule has 2 rings (SSSR count). The lowest BCUT2D eigenvalue weighted by atomic mass is 10.2. The summed E-state index contributed by atoms with van der Waals surface area (Å²) < 4.78 is 0. The molecule has 0 amide bonds. The minimum atomic E-state index is 0.756. The molecule has 0 radical (unpaired) electrons. The summed E-state index contributed by atoms with van der Waals surface area (Å²) in [7, 11) is 2.08. The van der Waals surface area contributed by atoms with Gasteiger partial charge in [0.25, 0.3) is 0 Å².